The van der Waals surface area contributed by atoms with E-state index in [-0.39, 0.29) is 24.3 Å². The molecular formula is C20H30N2O2. The van der Waals surface area contributed by atoms with Crippen molar-refractivity contribution in [3.8, 4) is 0 Å². The molecule has 0 radical (unpaired) electrons. The fourth-order valence-electron chi connectivity index (χ4n) is 3.43. The summed E-state index contributed by atoms with van der Waals surface area (Å²) in [6, 6.07) is 6.31. The molecule has 1 saturated carbocycles. The summed E-state index contributed by atoms with van der Waals surface area (Å²) in [5.41, 5.74) is 3.12. The standard InChI is InChI=1S/C20H30N2O2/c1-3-15-10-9-11-16(4-2)20(15)22-19(24)14-18(23)21-17-12-7-5-6-8-13-17/h9-11,17H,3-8,12-14H2,1-2H3,(H,21,23)(H,22,24). The third-order valence-electron chi connectivity index (χ3n) is 4.80. The average molecular weight is 330 g/mol. The highest BCUT2D eigenvalue weighted by Crippen LogP contribution is 2.23. The maximum atomic E-state index is 12.3. The van der Waals surface area contributed by atoms with E-state index >= 15 is 0 Å². The van der Waals surface area contributed by atoms with Crippen LogP contribution in [-0.2, 0) is 22.4 Å². The van der Waals surface area contributed by atoms with E-state index in [1.165, 1.54) is 25.7 Å². The quantitative estimate of drug-likeness (QED) is 0.612. The number of para-hydroxylation sites is 1. The Hall–Kier alpha value is -1.84. The smallest absolute Gasteiger partial charge is 0.233 e. The molecule has 0 heterocycles. The Balaban J connectivity index is 1.92. The molecule has 2 rings (SSSR count). The molecule has 0 aliphatic heterocycles. The predicted octanol–water partition coefficient (Wildman–Crippen LogP) is 3.98. The van der Waals surface area contributed by atoms with E-state index in [0.717, 1.165) is 42.5 Å². The zero-order chi connectivity index (χ0) is 17.4. The molecule has 1 aromatic rings. The molecule has 2 amide bonds. The molecule has 2 N–H and O–H groups in total. The van der Waals surface area contributed by atoms with Gasteiger partial charge in [-0.2, -0.15) is 0 Å². The van der Waals surface area contributed by atoms with E-state index in [0.29, 0.717) is 0 Å². The van der Waals surface area contributed by atoms with Crippen molar-refractivity contribution in [2.24, 2.45) is 0 Å². The van der Waals surface area contributed by atoms with Crippen molar-refractivity contribution < 1.29 is 9.59 Å². The lowest BCUT2D eigenvalue weighted by molar-refractivity contribution is -0.127. The third-order valence-corrected chi connectivity index (χ3v) is 4.80. The van der Waals surface area contributed by atoms with Crippen LogP contribution < -0.4 is 10.6 Å². The summed E-state index contributed by atoms with van der Waals surface area (Å²) < 4.78 is 0. The number of carbonyl (C=O) groups excluding carboxylic acids is 2. The molecule has 24 heavy (non-hydrogen) atoms. The Bertz CT molecular complexity index is 539. The number of anilines is 1. The summed E-state index contributed by atoms with van der Waals surface area (Å²) in [6.07, 6.45) is 8.52. The van der Waals surface area contributed by atoms with Gasteiger partial charge in [0, 0.05) is 11.7 Å². The molecule has 1 aliphatic rings. The van der Waals surface area contributed by atoms with Gasteiger partial charge in [-0.1, -0.05) is 57.7 Å². The monoisotopic (exact) mass is 330 g/mol. The zero-order valence-corrected chi connectivity index (χ0v) is 15.0. The van der Waals surface area contributed by atoms with Gasteiger partial charge in [-0.25, -0.2) is 0 Å². The Morgan fingerprint density at radius 3 is 2.08 bits per heavy atom. The molecule has 0 spiro atoms. The van der Waals surface area contributed by atoms with Crippen molar-refractivity contribution in [1.82, 2.24) is 5.32 Å². The second-order valence-corrected chi connectivity index (χ2v) is 6.64. The van der Waals surface area contributed by atoms with Gasteiger partial charge in [0.1, 0.15) is 6.42 Å². The first kappa shape index (κ1) is 18.5. The second kappa shape index (κ2) is 9.45. The zero-order valence-electron chi connectivity index (χ0n) is 15.0. The van der Waals surface area contributed by atoms with Gasteiger partial charge < -0.3 is 10.6 Å². The van der Waals surface area contributed by atoms with Crippen LogP contribution in [0.25, 0.3) is 0 Å². The number of benzene rings is 1. The fourth-order valence-corrected chi connectivity index (χ4v) is 3.43. The number of hydrogen-bond donors (Lipinski definition) is 2. The van der Waals surface area contributed by atoms with Crippen LogP contribution in [0, 0.1) is 0 Å². The van der Waals surface area contributed by atoms with Gasteiger partial charge in [-0.15, -0.1) is 0 Å². The Labute approximate surface area is 145 Å². The van der Waals surface area contributed by atoms with Crippen molar-refractivity contribution in [1.29, 1.82) is 0 Å². The molecule has 0 unspecified atom stereocenters. The van der Waals surface area contributed by atoms with Gasteiger partial charge in [0.25, 0.3) is 0 Å². The van der Waals surface area contributed by atoms with Crippen molar-refractivity contribution in [3.63, 3.8) is 0 Å². The topological polar surface area (TPSA) is 58.2 Å². The molecule has 0 saturated heterocycles. The molecule has 0 bridgehead atoms. The van der Waals surface area contributed by atoms with Crippen LogP contribution in [0.3, 0.4) is 0 Å². The number of hydrogen-bond acceptors (Lipinski definition) is 2. The summed E-state index contributed by atoms with van der Waals surface area (Å²) in [6.45, 7) is 4.15. The van der Waals surface area contributed by atoms with Gasteiger partial charge in [-0.05, 0) is 36.8 Å². The molecule has 1 aromatic carbocycles. The average Bonchev–Trinajstić information content (AvgIpc) is 2.83. The number of amides is 2. The van der Waals surface area contributed by atoms with E-state index in [2.05, 4.69) is 24.5 Å². The summed E-state index contributed by atoms with van der Waals surface area (Å²) in [4.78, 5) is 24.5. The predicted molar refractivity (Wildman–Crippen MR) is 98.1 cm³/mol. The molecular weight excluding hydrogens is 300 g/mol. The largest absolute Gasteiger partial charge is 0.353 e. The molecule has 0 aromatic heterocycles. The maximum Gasteiger partial charge on any atom is 0.233 e. The Morgan fingerprint density at radius 2 is 1.54 bits per heavy atom. The van der Waals surface area contributed by atoms with Gasteiger partial charge in [0.2, 0.25) is 11.8 Å². The van der Waals surface area contributed by atoms with Gasteiger partial charge >= 0.3 is 0 Å². The lowest BCUT2D eigenvalue weighted by Gasteiger charge is -2.17. The Morgan fingerprint density at radius 1 is 0.958 bits per heavy atom. The number of rotatable bonds is 6. The number of nitrogens with one attached hydrogen (secondary N) is 2. The van der Waals surface area contributed by atoms with Crippen LogP contribution in [0.15, 0.2) is 18.2 Å². The highest BCUT2D eigenvalue weighted by Gasteiger charge is 2.18. The Kier molecular flexibility index (Phi) is 7.29. The highest BCUT2D eigenvalue weighted by atomic mass is 16.2. The van der Waals surface area contributed by atoms with E-state index in [1.807, 2.05) is 18.2 Å². The van der Waals surface area contributed by atoms with Crippen LogP contribution in [0.5, 0.6) is 0 Å². The normalized spacial score (nSPS) is 15.6. The van der Waals surface area contributed by atoms with E-state index in [9.17, 15) is 9.59 Å². The van der Waals surface area contributed by atoms with E-state index < -0.39 is 0 Å². The second-order valence-electron chi connectivity index (χ2n) is 6.64. The summed E-state index contributed by atoms with van der Waals surface area (Å²) in [7, 11) is 0. The lowest BCUT2D eigenvalue weighted by Crippen LogP contribution is -2.36. The first-order valence-electron chi connectivity index (χ1n) is 9.34. The van der Waals surface area contributed by atoms with Crippen molar-refractivity contribution in [2.45, 2.75) is 77.7 Å². The van der Waals surface area contributed by atoms with Crippen molar-refractivity contribution in [3.05, 3.63) is 29.3 Å². The molecule has 1 aliphatic carbocycles. The van der Waals surface area contributed by atoms with Crippen LogP contribution in [0.2, 0.25) is 0 Å². The van der Waals surface area contributed by atoms with Crippen LogP contribution >= 0.6 is 0 Å². The fraction of sp³-hybridized carbons (Fsp3) is 0.600. The highest BCUT2D eigenvalue weighted by molar-refractivity contribution is 6.04. The van der Waals surface area contributed by atoms with Crippen molar-refractivity contribution in [2.75, 3.05) is 5.32 Å². The summed E-state index contributed by atoms with van der Waals surface area (Å²) in [5.74, 6) is -0.386. The summed E-state index contributed by atoms with van der Waals surface area (Å²) in [5, 5.41) is 5.99. The van der Waals surface area contributed by atoms with Crippen LogP contribution in [-0.4, -0.2) is 17.9 Å². The first-order valence-corrected chi connectivity index (χ1v) is 9.34. The molecule has 132 valence electrons. The van der Waals surface area contributed by atoms with Gasteiger partial charge in [0.15, 0.2) is 0 Å². The van der Waals surface area contributed by atoms with Crippen LogP contribution in [0.1, 0.15) is 69.9 Å². The minimum absolute atomic E-state index is 0.0995. The number of aryl methyl sites for hydroxylation is 2. The molecule has 0 atom stereocenters. The van der Waals surface area contributed by atoms with Gasteiger partial charge in [0.05, 0.1) is 0 Å². The summed E-state index contributed by atoms with van der Waals surface area (Å²) >= 11 is 0. The van der Waals surface area contributed by atoms with Gasteiger partial charge in [-0.3, -0.25) is 9.59 Å². The third kappa shape index (κ3) is 5.36. The lowest BCUT2D eigenvalue weighted by atomic mass is 10.0. The van der Waals surface area contributed by atoms with E-state index in [1.54, 1.807) is 0 Å². The molecule has 4 heteroatoms. The minimum atomic E-state index is -0.225. The molecule has 1 fully saturated rings. The van der Waals surface area contributed by atoms with Crippen LogP contribution in [0.4, 0.5) is 5.69 Å². The molecule has 4 nitrogen and oxygen atoms in total. The minimum Gasteiger partial charge on any atom is -0.353 e. The SMILES string of the molecule is CCc1cccc(CC)c1NC(=O)CC(=O)NC1CCCCCC1. The maximum absolute atomic E-state index is 12.3. The van der Waals surface area contributed by atoms with E-state index in [4.69, 9.17) is 0 Å². The van der Waals surface area contributed by atoms with Crippen molar-refractivity contribution >= 4 is 17.5 Å². The number of carbonyl (C=O) groups is 2. The first-order chi connectivity index (χ1) is 11.6.